The molecule has 0 saturated carbocycles. The Morgan fingerprint density at radius 3 is 0.613 bits per heavy atom. The molecule has 9 nitrogen and oxygen atoms in total. The number of ketones is 3. The Morgan fingerprint density at radius 1 is 0.452 bits per heavy atom. The normalized spacial score (nSPS) is 10.7. The van der Waals surface area contributed by atoms with E-state index in [4.69, 9.17) is 0 Å². The van der Waals surface area contributed by atoms with E-state index in [-0.39, 0.29) is 34.7 Å². The predicted octanol–water partition coefficient (Wildman–Crippen LogP) is -1.16. The molecule has 0 aliphatic heterocycles. The van der Waals surface area contributed by atoms with Crippen molar-refractivity contribution in [3.05, 3.63) is 0 Å². The van der Waals surface area contributed by atoms with Gasteiger partial charge in [0.2, 0.25) is 0 Å². The van der Waals surface area contributed by atoms with E-state index in [1.54, 1.807) is 62.3 Å². The van der Waals surface area contributed by atoms with Crippen LogP contribution in [0.2, 0.25) is 0 Å². The molecule has 0 aromatic carbocycles. The fourth-order valence-corrected chi connectivity index (χ4v) is 1.19. The van der Waals surface area contributed by atoms with Crippen molar-refractivity contribution in [1.82, 2.24) is 0 Å². The van der Waals surface area contributed by atoms with E-state index in [9.17, 15) is 44.1 Å². The van der Waals surface area contributed by atoms with Crippen LogP contribution in [-0.2, 0) is 28.8 Å². The first-order valence-electron chi connectivity index (χ1n) is 9.21. The van der Waals surface area contributed by atoms with Crippen LogP contribution >= 0.6 is 0 Å². The molecule has 0 aliphatic rings. The number of hydrogen-bond donors (Lipinski definition) is 0. The van der Waals surface area contributed by atoms with Gasteiger partial charge in [-0.2, -0.15) is 0 Å². The van der Waals surface area contributed by atoms with E-state index >= 15 is 0 Å². The van der Waals surface area contributed by atoms with Gasteiger partial charge in [-0.1, -0.05) is 62.3 Å². The molecule has 0 atom stereocenters. The first-order valence-corrected chi connectivity index (χ1v) is 9.21. The van der Waals surface area contributed by atoms with Crippen LogP contribution in [0.15, 0.2) is 0 Å². The zero-order valence-corrected chi connectivity index (χ0v) is 21.0. The first-order chi connectivity index (χ1) is 13.0. The topological polar surface area (TPSA) is 172 Å². The second-order valence-electron chi connectivity index (χ2n) is 9.67. The van der Waals surface area contributed by atoms with Gasteiger partial charge in [-0.05, 0) is 0 Å². The van der Waals surface area contributed by atoms with Crippen LogP contribution in [0.1, 0.15) is 81.6 Å². The van der Waals surface area contributed by atoms with Crippen molar-refractivity contribution >= 4 is 52.6 Å². The fourth-order valence-electron chi connectivity index (χ4n) is 1.19. The van der Waals surface area contributed by atoms with Crippen molar-refractivity contribution in [1.29, 1.82) is 0 Å². The third kappa shape index (κ3) is 24.1. The second-order valence-corrected chi connectivity index (χ2v) is 9.67. The molecule has 0 unspecified atom stereocenters. The van der Waals surface area contributed by atoms with Gasteiger partial charge in [0, 0.05) is 53.4 Å². The summed E-state index contributed by atoms with van der Waals surface area (Å²) in [5.41, 5.74) is -1.71. The number of carboxylic acid groups (broad SMARTS) is 3. The summed E-state index contributed by atoms with van der Waals surface area (Å²) >= 11 is 0. The summed E-state index contributed by atoms with van der Waals surface area (Å²) in [6.45, 7) is 15.1. The van der Waals surface area contributed by atoms with E-state index in [1.807, 2.05) is 0 Å². The van der Waals surface area contributed by atoms with Crippen molar-refractivity contribution in [2.24, 2.45) is 16.2 Å². The van der Waals surface area contributed by atoms with Crippen LogP contribution in [0.4, 0.5) is 0 Å². The summed E-state index contributed by atoms with van der Waals surface area (Å²) in [5.74, 6) is -4.81. The third-order valence-electron chi connectivity index (χ3n) is 3.42. The molecule has 0 spiro atoms. The van der Waals surface area contributed by atoms with Crippen molar-refractivity contribution in [3.8, 4) is 0 Å². The summed E-state index contributed by atoms with van der Waals surface area (Å²) in [7, 11) is 0. The van der Waals surface area contributed by atoms with Crippen LogP contribution in [0, 0.1) is 16.2 Å². The van der Waals surface area contributed by atoms with Crippen molar-refractivity contribution < 1.29 is 44.1 Å². The van der Waals surface area contributed by atoms with Crippen LogP contribution < -0.4 is 15.3 Å². The largest absolute Gasteiger partial charge is 3.00 e. The van der Waals surface area contributed by atoms with E-state index in [2.05, 4.69) is 0 Å². The maximum absolute atomic E-state index is 10.9. The molecule has 0 saturated heterocycles. The number of carbonyl (C=O) groups excluding carboxylic acids is 6. The minimum Gasteiger partial charge on any atom is -0.550 e. The SMILES string of the molecule is CC(C)(C)C(=O)CC(=O)[O-].CC(C)(C)C(=O)CC(=O)[O-].CC(C)(C)C(=O)CC(=O)[O-].[Al+3]. The van der Waals surface area contributed by atoms with Gasteiger partial charge in [-0.3, -0.25) is 14.4 Å². The number of carbonyl (C=O) groups is 6. The number of carboxylic acids is 3. The van der Waals surface area contributed by atoms with E-state index in [1.165, 1.54) is 0 Å². The van der Waals surface area contributed by atoms with Crippen molar-refractivity contribution in [2.45, 2.75) is 81.6 Å². The van der Waals surface area contributed by atoms with E-state index < -0.39 is 53.4 Å². The van der Waals surface area contributed by atoms with E-state index in [0.29, 0.717) is 0 Å². The number of aliphatic carboxylic acids is 3. The van der Waals surface area contributed by atoms with Crippen LogP contribution in [0.25, 0.3) is 0 Å². The van der Waals surface area contributed by atoms with Gasteiger partial charge in [-0.15, -0.1) is 0 Å². The Morgan fingerprint density at radius 2 is 0.581 bits per heavy atom. The number of Topliss-reactive ketones (excluding diaryl/α,β-unsaturated/α-hetero) is 3. The molecular formula is C21H33AlO9. The minimum absolute atomic E-state index is 0. The van der Waals surface area contributed by atoms with Gasteiger partial charge >= 0.3 is 17.4 Å². The molecule has 0 radical (unpaired) electrons. The molecule has 0 aromatic heterocycles. The molecule has 174 valence electrons. The Balaban J connectivity index is -0.000000174. The van der Waals surface area contributed by atoms with Crippen LogP contribution in [0.3, 0.4) is 0 Å². The zero-order valence-electron chi connectivity index (χ0n) is 19.9. The molecule has 0 amide bonds. The maximum Gasteiger partial charge on any atom is 3.00 e. The Kier molecular flexibility index (Phi) is 17.4. The van der Waals surface area contributed by atoms with Gasteiger partial charge in [-0.25, -0.2) is 0 Å². The Bertz CT molecular complexity index is 555. The summed E-state index contributed by atoms with van der Waals surface area (Å²) in [6.07, 6.45) is -1.45. The molecular weight excluding hydrogens is 423 g/mol. The monoisotopic (exact) mass is 456 g/mol. The van der Waals surface area contributed by atoms with E-state index in [0.717, 1.165) is 0 Å². The van der Waals surface area contributed by atoms with Gasteiger partial charge < -0.3 is 29.7 Å². The summed E-state index contributed by atoms with van der Waals surface area (Å²) in [6, 6.07) is 0. The predicted molar refractivity (Wildman–Crippen MR) is 108 cm³/mol. The van der Waals surface area contributed by atoms with Crippen molar-refractivity contribution in [2.75, 3.05) is 0 Å². The number of hydrogen-bond acceptors (Lipinski definition) is 9. The van der Waals surface area contributed by atoms with Crippen LogP contribution in [0.5, 0.6) is 0 Å². The molecule has 10 heteroatoms. The zero-order chi connectivity index (χ0) is 25.1. The Labute approximate surface area is 194 Å². The molecule has 0 fully saturated rings. The first kappa shape index (κ1) is 36.3. The summed E-state index contributed by atoms with van der Waals surface area (Å²) in [5, 5.41) is 29.8. The number of rotatable bonds is 6. The standard InChI is InChI=1S/3C7H12O3.Al/c3*1-7(2,3)5(8)4-6(9)10;/h3*4H2,1-3H3,(H,9,10);/q;;;+3/p-3. The molecule has 0 aliphatic carbocycles. The van der Waals surface area contributed by atoms with Crippen LogP contribution in [-0.4, -0.2) is 52.6 Å². The third-order valence-corrected chi connectivity index (χ3v) is 3.42. The molecule has 31 heavy (non-hydrogen) atoms. The minimum atomic E-state index is -1.31. The smallest absolute Gasteiger partial charge is 0.550 e. The summed E-state index contributed by atoms with van der Waals surface area (Å²) < 4.78 is 0. The molecule has 0 heterocycles. The van der Waals surface area contributed by atoms with Gasteiger partial charge in [0.15, 0.2) is 0 Å². The molecule has 0 aromatic rings. The quantitative estimate of drug-likeness (QED) is 0.353. The molecule has 0 N–H and O–H groups in total. The molecule has 0 rings (SSSR count). The van der Waals surface area contributed by atoms with Gasteiger partial charge in [0.25, 0.3) is 0 Å². The van der Waals surface area contributed by atoms with Gasteiger partial charge in [0.1, 0.15) is 17.3 Å². The average Bonchev–Trinajstić information content (AvgIpc) is 2.43. The fraction of sp³-hybridized carbons (Fsp3) is 0.714. The van der Waals surface area contributed by atoms with Gasteiger partial charge in [0.05, 0.1) is 0 Å². The Hall–Kier alpha value is -2.05. The maximum atomic E-state index is 10.9. The van der Waals surface area contributed by atoms with Crippen molar-refractivity contribution in [3.63, 3.8) is 0 Å². The summed E-state index contributed by atoms with van der Waals surface area (Å²) in [4.78, 5) is 62.3. The second kappa shape index (κ2) is 14.9. The average molecular weight is 456 g/mol. The molecule has 0 bridgehead atoms.